The monoisotopic (exact) mass is 310 g/mol. The van der Waals surface area contributed by atoms with E-state index >= 15 is 0 Å². The Balaban J connectivity index is 3.01. The fraction of sp³-hybridized carbons (Fsp3) is 0.500. The Kier molecular flexibility index (Phi) is 5.64. The second-order valence-corrected chi connectivity index (χ2v) is 5.55. The summed E-state index contributed by atoms with van der Waals surface area (Å²) in [5, 5.41) is 12.2. The number of hydrogen-bond donors (Lipinski definition) is 1. The van der Waals surface area contributed by atoms with Crippen molar-refractivity contribution < 1.29 is 4.74 Å². The van der Waals surface area contributed by atoms with Crippen LogP contribution >= 0.6 is 15.9 Å². The van der Waals surface area contributed by atoms with Crippen LogP contribution in [0.2, 0.25) is 0 Å². The molecule has 4 heteroatoms. The first-order valence-electron chi connectivity index (χ1n) is 6.02. The van der Waals surface area contributed by atoms with Crippen molar-refractivity contribution in [1.82, 2.24) is 5.32 Å². The van der Waals surface area contributed by atoms with Crippen molar-refractivity contribution in [3.8, 4) is 11.8 Å². The van der Waals surface area contributed by atoms with Gasteiger partial charge in [-0.2, -0.15) is 5.26 Å². The molecular weight excluding hydrogens is 292 g/mol. The summed E-state index contributed by atoms with van der Waals surface area (Å²) in [5.41, 5.74) is 2.10. The highest BCUT2D eigenvalue weighted by atomic mass is 79.9. The molecule has 1 N–H and O–H groups in total. The maximum atomic E-state index is 8.85. The number of hydrogen-bond acceptors (Lipinski definition) is 3. The third-order valence-electron chi connectivity index (χ3n) is 2.49. The molecule has 1 atom stereocenters. The highest BCUT2D eigenvalue weighted by Gasteiger charge is 2.12. The van der Waals surface area contributed by atoms with E-state index in [4.69, 9.17) is 10.00 Å². The highest BCUT2D eigenvalue weighted by Crippen LogP contribution is 2.29. The van der Waals surface area contributed by atoms with Gasteiger partial charge in [0.05, 0.1) is 0 Å². The molecule has 0 aliphatic carbocycles. The Morgan fingerprint density at radius 3 is 2.61 bits per heavy atom. The van der Waals surface area contributed by atoms with Crippen molar-refractivity contribution in [2.45, 2.75) is 46.4 Å². The molecule has 18 heavy (non-hydrogen) atoms. The SMILES string of the molecule is Cc1cc(Br)cc(CNC(C)C)c1OC(C)C#N. The number of ether oxygens (including phenoxy) is 1. The van der Waals surface area contributed by atoms with Gasteiger partial charge in [-0.15, -0.1) is 0 Å². The quantitative estimate of drug-likeness (QED) is 0.904. The summed E-state index contributed by atoms with van der Waals surface area (Å²) in [6.45, 7) is 8.67. The maximum absolute atomic E-state index is 8.85. The van der Waals surface area contributed by atoms with E-state index in [1.54, 1.807) is 6.92 Å². The van der Waals surface area contributed by atoms with Crippen molar-refractivity contribution in [3.05, 3.63) is 27.7 Å². The number of benzene rings is 1. The molecule has 0 amide bonds. The first-order valence-corrected chi connectivity index (χ1v) is 6.82. The highest BCUT2D eigenvalue weighted by molar-refractivity contribution is 9.10. The van der Waals surface area contributed by atoms with Crippen LogP contribution in [-0.2, 0) is 6.54 Å². The summed E-state index contributed by atoms with van der Waals surface area (Å²) >= 11 is 3.49. The molecule has 0 aliphatic rings. The van der Waals surface area contributed by atoms with E-state index in [2.05, 4.69) is 41.2 Å². The van der Waals surface area contributed by atoms with Crippen LogP contribution in [0.5, 0.6) is 5.75 Å². The van der Waals surface area contributed by atoms with Crippen LogP contribution in [0, 0.1) is 18.3 Å². The minimum atomic E-state index is -0.442. The Morgan fingerprint density at radius 2 is 2.06 bits per heavy atom. The lowest BCUT2D eigenvalue weighted by Crippen LogP contribution is -2.23. The van der Waals surface area contributed by atoms with E-state index in [9.17, 15) is 0 Å². The third-order valence-corrected chi connectivity index (χ3v) is 2.95. The van der Waals surface area contributed by atoms with Crippen LogP contribution in [0.1, 0.15) is 31.9 Å². The van der Waals surface area contributed by atoms with E-state index in [-0.39, 0.29) is 0 Å². The van der Waals surface area contributed by atoms with E-state index in [1.807, 2.05) is 19.1 Å². The van der Waals surface area contributed by atoms with Gasteiger partial charge in [0, 0.05) is 22.6 Å². The second kappa shape index (κ2) is 6.77. The lowest BCUT2D eigenvalue weighted by Gasteiger charge is -2.17. The molecule has 3 nitrogen and oxygen atoms in total. The molecule has 1 unspecified atom stereocenters. The summed E-state index contributed by atoms with van der Waals surface area (Å²) < 4.78 is 6.72. The smallest absolute Gasteiger partial charge is 0.181 e. The van der Waals surface area contributed by atoms with Gasteiger partial charge in [-0.3, -0.25) is 0 Å². The standard InChI is InChI=1S/C14H19BrN2O/c1-9(2)17-8-12-6-13(15)5-10(3)14(12)18-11(4)7-16/h5-6,9,11,17H,8H2,1-4H3. The van der Waals surface area contributed by atoms with Crippen molar-refractivity contribution in [3.63, 3.8) is 0 Å². The fourth-order valence-electron chi connectivity index (χ4n) is 1.62. The fourth-order valence-corrected chi connectivity index (χ4v) is 2.24. The minimum absolute atomic E-state index is 0.408. The minimum Gasteiger partial charge on any atom is -0.475 e. The Labute approximate surface area is 117 Å². The predicted molar refractivity (Wildman–Crippen MR) is 76.6 cm³/mol. The molecule has 0 radical (unpaired) electrons. The Hall–Kier alpha value is -1.05. The molecule has 0 fully saturated rings. The molecule has 98 valence electrons. The van der Waals surface area contributed by atoms with Crippen LogP contribution in [0.3, 0.4) is 0 Å². The molecule has 0 saturated carbocycles. The maximum Gasteiger partial charge on any atom is 0.181 e. The Bertz CT molecular complexity index is 452. The molecule has 1 aromatic rings. The molecule has 0 bridgehead atoms. The Morgan fingerprint density at radius 1 is 1.39 bits per heavy atom. The molecule has 1 aromatic carbocycles. The van der Waals surface area contributed by atoms with Gasteiger partial charge in [0.1, 0.15) is 11.8 Å². The van der Waals surface area contributed by atoms with Gasteiger partial charge in [-0.25, -0.2) is 0 Å². The summed E-state index contributed by atoms with van der Waals surface area (Å²) in [6.07, 6.45) is -0.442. The molecule has 0 heterocycles. The first-order chi connectivity index (χ1) is 8.43. The number of nitrogens with one attached hydrogen (secondary N) is 1. The number of nitriles is 1. The zero-order valence-corrected chi connectivity index (χ0v) is 12.8. The van der Waals surface area contributed by atoms with Crippen LogP contribution in [0.4, 0.5) is 0 Å². The molecule has 0 aromatic heterocycles. The van der Waals surface area contributed by atoms with E-state index in [0.29, 0.717) is 6.04 Å². The van der Waals surface area contributed by atoms with Gasteiger partial charge in [0.15, 0.2) is 6.10 Å². The lowest BCUT2D eigenvalue weighted by atomic mass is 10.1. The molecule has 0 aliphatic heterocycles. The van der Waals surface area contributed by atoms with Crippen molar-refractivity contribution >= 4 is 15.9 Å². The van der Waals surface area contributed by atoms with Gasteiger partial charge in [0.25, 0.3) is 0 Å². The van der Waals surface area contributed by atoms with E-state index in [1.165, 1.54) is 0 Å². The van der Waals surface area contributed by atoms with Crippen LogP contribution in [-0.4, -0.2) is 12.1 Å². The number of aryl methyl sites for hydroxylation is 1. The van der Waals surface area contributed by atoms with E-state index < -0.39 is 6.10 Å². The molecule has 0 spiro atoms. The molecule has 1 rings (SSSR count). The summed E-state index contributed by atoms with van der Waals surface area (Å²) in [5.74, 6) is 0.806. The summed E-state index contributed by atoms with van der Waals surface area (Å²) in [4.78, 5) is 0. The van der Waals surface area contributed by atoms with Gasteiger partial charge < -0.3 is 10.1 Å². The zero-order valence-electron chi connectivity index (χ0n) is 11.2. The van der Waals surface area contributed by atoms with Crippen LogP contribution in [0.25, 0.3) is 0 Å². The summed E-state index contributed by atoms with van der Waals surface area (Å²) in [7, 11) is 0. The van der Waals surface area contributed by atoms with Crippen molar-refractivity contribution in [2.24, 2.45) is 0 Å². The third kappa shape index (κ3) is 4.32. The van der Waals surface area contributed by atoms with Gasteiger partial charge in [-0.1, -0.05) is 29.8 Å². The van der Waals surface area contributed by atoms with Crippen molar-refractivity contribution in [2.75, 3.05) is 0 Å². The van der Waals surface area contributed by atoms with Crippen LogP contribution in [0.15, 0.2) is 16.6 Å². The van der Waals surface area contributed by atoms with Crippen molar-refractivity contribution in [1.29, 1.82) is 5.26 Å². The average molecular weight is 311 g/mol. The largest absolute Gasteiger partial charge is 0.475 e. The second-order valence-electron chi connectivity index (χ2n) is 4.64. The average Bonchev–Trinajstić information content (AvgIpc) is 2.29. The predicted octanol–water partition coefficient (Wildman–Crippen LogP) is 3.55. The first kappa shape index (κ1) is 15.0. The van der Waals surface area contributed by atoms with E-state index in [0.717, 1.165) is 27.9 Å². The number of rotatable bonds is 5. The van der Waals surface area contributed by atoms with Gasteiger partial charge in [-0.05, 0) is 31.5 Å². The number of nitrogens with zero attached hydrogens (tertiary/aromatic N) is 1. The van der Waals surface area contributed by atoms with Crippen LogP contribution < -0.4 is 10.1 Å². The summed E-state index contributed by atoms with van der Waals surface area (Å²) in [6, 6.07) is 6.53. The topological polar surface area (TPSA) is 45.0 Å². The lowest BCUT2D eigenvalue weighted by molar-refractivity contribution is 0.271. The van der Waals surface area contributed by atoms with Gasteiger partial charge in [0.2, 0.25) is 0 Å². The normalized spacial score (nSPS) is 12.3. The molecular formula is C14H19BrN2O. The zero-order chi connectivity index (χ0) is 13.7. The van der Waals surface area contributed by atoms with Gasteiger partial charge >= 0.3 is 0 Å². The number of halogens is 1. The molecule has 0 saturated heterocycles.